The summed E-state index contributed by atoms with van der Waals surface area (Å²) >= 11 is 0. The molecule has 0 aromatic carbocycles. The lowest BCUT2D eigenvalue weighted by atomic mass is 10.1. The van der Waals surface area contributed by atoms with Crippen molar-refractivity contribution in [1.29, 1.82) is 0 Å². The van der Waals surface area contributed by atoms with Crippen LogP contribution in [0.15, 0.2) is 23.6 Å². The molecule has 0 radical (unpaired) electrons. The molecule has 2 rings (SSSR count). The second kappa shape index (κ2) is 4.48. The summed E-state index contributed by atoms with van der Waals surface area (Å²) in [7, 11) is 0. The molecular formula is C12H15N5O. The normalized spacial score (nSPS) is 11.8. The lowest BCUT2D eigenvalue weighted by Crippen LogP contribution is -2.19. The average Bonchev–Trinajstić information content (AvgIpc) is 2.73. The highest BCUT2D eigenvalue weighted by Crippen LogP contribution is 2.18. The molecule has 18 heavy (non-hydrogen) atoms. The molecule has 0 fully saturated rings. The van der Waals surface area contributed by atoms with Crippen molar-refractivity contribution >= 4 is 5.84 Å². The number of hydrogen-bond acceptors (Lipinski definition) is 4. The first kappa shape index (κ1) is 12.1. The lowest BCUT2D eigenvalue weighted by Gasteiger charge is -2.13. The fourth-order valence-electron chi connectivity index (χ4n) is 1.96. The van der Waals surface area contributed by atoms with E-state index < -0.39 is 0 Å². The molecule has 0 amide bonds. The summed E-state index contributed by atoms with van der Waals surface area (Å²) in [4.78, 5) is 8.62. The van der Waals surface area contributed by atoms with Crippen molar-refractivity contribution in [2.75, 3.05) is 0 Å². The molecule has 0 aliphatic rings. The first-order valence-electron chi connectivity index (χ1n) is 5.51. The van der Waals surface area contributed by atoms with Crippen molar-refractivity contribution in [2.24, 2.45) is 10.9 Å². The van der Waals surface area contributed by atoms with Crippen LogP contribution in [0.25, 0.3) is 5.82 Å². The van der Waals surface area contributed by atoms with Gasteiger partial charge in [-0.15, -0.1) is 0 Å². The highest BCUT2D eigenvalue weighted by atomic mass is 16.4. The topological polar surface area (TPSA) is 89.3 Å². The van der Waals surface area contributed by atoms with Gasteiger partial charge >= 0.3 is 0 Å². The molecule has 0 unspecified atom stereocenters. The van der Waals surface area contributed by atoms with Gasteiger partial charge in [-0.3, -0.25) is 4.57 Å². The van der Waals surface area contributed by atoms with Gasteiger partial charge in [-0.2, -0.15) is 0 Å². The van der Waals surface area contributed by atoms with Crippen molar-refractivity contribution in [3.63, 3.8) is 0 Å². The Morgan fingerprint density at radius 3 is 2.67 bits per heavy atom. The van der Waals surface area contributed by atoms with Crippen LogP contribution in [0.1, 0.15) is 22.6 Å². The van der Waals surface area contributed by atoms with E-state index in [1.54, 1.807) is 12.4 Å². The Bertz CT molecular complexity index is 615. The zero-order valence-electron chi connectivity index (χ0n) is 10.5. The molecule has 3 N–H and O–H groups in total. The van der Waals surface area contributed by atoms with Gasteiger partial charge < -0.3 is 10.9 Å². The van der Waals surface area contributed by atoms with E-state index in [-0.39, 0.29) is 5.84 Å². The largest absolute Gasteiger partial charge is 0.409 e. The van der Waals surface area contributed by atoms with Crippen molar-refractivity contribution in [2.45, 2.75) is 20.8 Å². The van der Waals surface area contributed by atoms with Gasteiger partial charge in [0.1, 0.15) is 11.6 Å². The van der Waals surface area contributed by atoms with E-state index in [9.17, 15) is 0 Å². The Balaban J connectivity index is 2.77. The van der Waals surface area contributed by atoms with E-state index in [4.69, 9.17) is 10.9 Å². The fraction of sp³-hybridized carbons (Fsp3) is 0.250. The Kier molecular flexibility index (Phi) is 3.01. The first-order chi connectivity index (χ1) is 8.54. The van der Waals surface area contributed by atoms with Crippen LogP contribution < -0.4 is 5.73 Å². The van der Waals surface area contributed by atoms with Gasteiger partial charge in [0.15, 0.2) is 5.84 Å². The summed E-state index contributed by atoms with van der Waals surface area (Å²) in [6, 6.07) is 1.89. The quantitative estimate of drug-likeness (QED) is 0.361. The second-order valence-corrected chi connectivity index (χ2v) is 4.11. The van der Waals surface area contributed by atoms with Gasteiger partial charge in [-0.25, -0.2) is 9.97 Å². The van der Waals surface area contributed by atoms with Crippen molar-refractivity contribution in [3.8, 4) is 5.82 Å². The number of nitrogens with two attached hydrogens (primary N) is 1. The molecular weight excluding hydrogens is 230 g/mol. The van der Waals surface area contributed by atoms with Crippen LogP contribution in [-0.4, -0.2) is 25.6 Å². The Hall–Kier alpha value is -2.37. The van der Waals surface area contributed by atoms with Crippen LogP contribution in [0.2, 0.25) is 0 Å². The highest BCUT2D eigenvalue weighted by Gasteiger charge is 2.15. The van der Waals surface area contributed by atoms with Gasteiger partial charge in [-0.1, -0.05) is 5.16 Å². The minimum absolute atomic E-state index is 0.0445. The molecule has 2 heterocycles. The average molecular weight is 245 g/mol. The molecule has 0 bridgehead atoms. The van der Waals surface area contributed by atoms with Gasteiger partial charge in [0.05, 0.1) is 5.56 Å². The summed E-state index contributed by atoms with van der Waals surface area (Å²) < 4.78 is 1.81. The molecule has 94 valence electrons. The van der Waals surface area contributed by atoms with Crippen molar-refractivity contribution in [1.82, 2.24) is 14.5 Å². The number of pyridine rings is 1. The van der Waals surface area contributed by atoms with Crippen LogP contribution in [-0.2, 0) is 0 Å². The van der Waals surface area contributed by atoms with Gasteiger partial charge in [0, 0.05) is 18.1 Å². The number of aryl methyl sites for hydroxylation is 3. The number of amidine groups is 1. The molecule has 2 aromatic heterocycles. The van der Waals surface area contributed by atoms with Crippen molar-refractivity contribution in [3.05, 3.63) is 41.1 Å². The van der Waals surface area contributed by atoms with Crippen LogP contribution >= 0.6 is 0 Å². The SMILES string of the molecule is Cc1cc(C)c(C(N)=NO)c(-n2ccnc2C)n1. The third-order valence-electron chi connectivity index (χ3n) is 2.74. The summed E-state index contributed by atoms with van der Waals surface area (Å²) in [6.07, 6.45) is 3.48. The smallest absolute Gasteiger partial charge is 0.174 e. The predicted molar refractivity (Wildman–Crippen MR) is 68.1 cm³/mol. The first-order valence-corrected chi connectivity index (χ1v) is 5.51. The molecule has 0 saturated carbocycles. The Morgan fingerprint density at radius 1 is 1.39 bits per heavy atom. The predicted octanol–water partition coefficient (Wildman–Crippen LogP) is 1.29. The van der Waals surface area contributed by atoms with E-state index in [0.29, 0.717) is 11.4 Å². The zero-order valence-corrected chi connectivity index (χ0v) is 10.5. The number of aromatic nitrogens is 3. The summed E-state index contributed by atoms with van der Waals surface area (Å²) in [5.41, 5.74) is 8.11. The van der Waals surface area contributed by atoms with Crippen LogP contribution in [0.4, 0.5) is 0 Å². The molecule has 0 aliphatic heterocycles. The zero-order chi connectivity index (χ0) is 13.3. The molecule has 0 atom stereocenters. The number of hydrogen-bond donors (Lipinski definition) is 2. The van der Waals surface area contributed by atoms with E-state index in [1.807, 2.05) is 31.4 Å². The third kappa shape index (κ3) is 1.92. The number of nitrogens with zero attached hydrogens (tertiary/aromatic N) is 4. The van der Waals surface area contributed by atoms with E-state index in [2.05, 4.69) is 15.1 Å². The van der Waals surface area contributed by atoms with Crippen LogP contribution in [0, 0.1) is 20.8 Å². The summed E-state index contributed by atoms with van der Waals surface area (Å²) in [5.74, 6) is 1.46. The Labute approximate surface area is 105 Å². The minimum Gasteiger partial charge on any atom is -0.409 e. The molecule has 0 spiro atoms. The second-order valence-electron chi connectivity index (χ2n) is 4.11. The third-order valence-corrected chi connectivity index (χ3v) is 2.74. The fourth-order valence-corrected chi connectivity index (χ4v) is 1.96. The Morgan fingerprint density at radius 2 is 2.11 bits per heavy atom. The van der Waals surface area contributed by atoms with E-state index in [0.717, 1.165) is 17.1 Å². The maximum atomic E-state index is 8.88. The van der Waals surface area contributed by atoms with Gasteiger partial charge in [0.2, 0.25) is 0 Å². The molecule has 6 heteroatoms. The standard InChI is InChI=1S/C12H15N5O/c1-7-6-8(2)15-12(10(7)11(13)16-18)17-5-4-14-9(17)3/h4-6,18H,1-3H3,(H2,13,16). The summed E-state index contributed by atoms with van der Waals surface area (Å²) in [5, 5.41) is 12.0. The van der Waals surface area contributed by atoms with Crippen molar-refractivity contribution < 1.29 is 5.21 Å². The number of rotatable bonds is 2. The van der Waals surface area contributed by atoms with Crippen LogP contribution in [0.5, 0.6) is 0 Å². The molecule has 0 aliphatic carbocycles. The molecule has 6 nitrogen and oxygen atoms in total. The number of oxime groups is 1. The van der Waals surface area contributed by atoms with E-state index >= 15 is 0 Å². The van der Waals surface area contributed by atoms with Gasteiger partial charge in [-0.05, 0) is 32.4 Å². The highest BCUT2D eigenvalue weighted by molar-refractivity contribution is 6.01. The lowest BCUT2D eigenvalue weighted by molar-refractivity contribution is 0.318. The van der Waals surface area contributed by atoms with Crippen LogP contribution in [0.3, 0.4) is 0 Å². The maximum absolute atomic E-state index is 8.88. The minimum atomic E-state index is 0.0445. The monoisotopic (exact) mass is 245 g/mol. The van der Waals surface area contributed by atoms with Gasteiger partial charge in [0.25, 0.3) is 0 Å². The number of imidazole rings is 1. The van der Waals surface area contributed by atoms with E-state index in [1.165, 1.54) is 0 Å². The summed E-state index contributed by atoms with van der Waals surface area (Å²) in [6.45, 7) is 5.67. The molecule has 2 aromatic rings. The molecule has 0 saturated heterocycles. The maximum Gasteiger partial charge on any atom is 0.174 e.